The Bertz CT molecular complexity index is 825. The molecule has 0 aliphatic heterocycles. The van der Waals surface area contributed by atoms with E-state index < -0.39 is 6.04 Å². The first-order valence-electron chi connectivity index (χ1n) is 9.92. The smallest absolute Gasteiger partial charge is 0.261 e. The molecule has 2 amide bonds. The Morgan fingerprint density at radius 1 is 1.17 bits per heavy atom. The molecule has 2 aromatic carbocycles. The van der Waals surface area contributed by atoms with Gasteiger partial charge >= 0.3 is 0 Å². The van der Waals surface area contributed by atoms with E-state index in [-0.39, 0.29) is 18.4 Å². The molecule has 0 aromatic heterocycles. The van der Waals surface area contributed by atoms with E-state index in [9.17, 15) is 9.59 Å². The maximum Gasteiger partial charge on any atom is 0.261 e. The lowest BCUT2D eigenvalue weighted by Crippen LogP contribution is -2.49. The minimum Gasteiger partial charge on any atom is -0.482 e. The van der Waals surface area contributed by atoms with Crippen molar-refractivity contribution in [1.82, 2.24) is 10.2 Å². The van der Waals surface area contributed by atoms with Crippen LogP contribution in [0.3, 0.4) is 0 Å². The average Bonchev–Trinajstić information content (AvgIpc) is 2.71. The highest BCUT2D eigenvalue weighted by molar-refractivity contribution is 6.32. The van der Waals surface area contributed by atoms with Gasteiger partial charge in [-0.2, -0.15) is 0 Å². The SMILES string of the molecule is CCCCNC(=O)C(C)N(Cc1cccc(C)c1)C(=O)COc1ccccc1Cl. The molecule has 0 aliphatic carbocycles. The van der Waals surface area contributed by atoms with Gasteiger partial charge in [-0.05, 0) is 38.0 Å². The fourth-order valence-electron chi connectivity index (χ4n) is 2.91. The number of carbonyl (C=O) groups is 2. The Balaban J connectivity index is 2.12. The number of rotatable bonds is 10. The Morgan fingerprint density at radius 3 is 2.62 bits per heavy atom. The van der Waals surface area contributed by atoms with Crippen molar-refractivity contribution < 1.29 is 14.3 Å². The van der Waals surface area contributed by atoms with E-state index >= 15 is 0 Å². The predicted molar refractivity (Wildman–Crippen MR) is 116 cm³/mol. The van der Waals surface area contributed by atoms with Crippen LogP contribution in [0, 0.1) is 6.92 Å². The van der Waals surface area contributed by atoms with Gasteiger partial charge in [-0.15, -0.1) is 0 Å². The third-order valence-electron chi connectivity index (χ3n) is 4.62. The standard InChI is InChI=1S/C23H29ClN2O3/c1-4-5-13-25-23(28)18(3)26(15-19-10-8-9-17(2)14-19)22(27)16-29-21-12-7-6-11-20(21)24/h6-12,14,18H,4-5,13,15-16H2,1-3H3,(H,25,28). The van der Waals surface area contributed by atoms with Crippen molar-refractivity contribution in [2.24, 2.45) is 0 Å². The first kappa shape index (κ1) is 22.8. The molecule has 0 saturated carbocycles. The van der Waals surface area contributed by atoms with Crippen molar-refractivity contribution in [2.45, 2.75) is 46.2 Å². The lowest BCUT2D eigenvalue weighted by molar-refractivity contribution is -0.142. The van der Waals surface area contributed by atoms with Gasteiger partial charge < -0.3 is 15.0 Å². The second-order valence-electron chi connectivity index (χ2n) is 7.05. The maximum atomic E-state index is 13.0. The number of benzene rings is 2. The molecule has 0 radical (unpaired) electrons. The molecule has 1 N–H and O–H groups in total. The Kier molecular flexibility index (Phi) is 9.00. The van der Waals surface area contributed by atoms with Gasteiger partial charge in [0.25, 0.3) is 5.91 Å². The van der Waals surface area contributed by atoms with E-state index in [1.165, 1.54) is 0 Å². The number of unbranched alkanes of at least 4 members (excludes halogenated alkanes) is 1. The van der Waals surface area contributed by atoms with Crippen LogP contribution in [-0.2, 0) is 16.1 Å². The van der Waals surface area contributed by atoms with E-state index in [0.29, 0.717) is 23.9 Å². The minimum absolute atomic E-state index is 0.169. The van der Waals surface area contributed by atoms with Crippen LogP contribution in [0.4, 0.5) is 0 Å². The summed E-state index contributed by atoms with van der Waals surface area (Å²) in [5.74, 6) is -0.000151. The highest BCUT2D eigenvalue weighted by Gasteiger charge is 2.26. The first-order valence-corrected chi connectivity index (χ1v) is 10.3. The molecule has 6 heteroatoms. The zero-order valence-corrected chi connectivity index (χ0v) is 18.0. The highest BCUT2D eigenvalue weighted by Crippen LogP contribution is 2.23. The fourth-order valence-corrected chi connectivity index (χ4v) is 3.10. The summed E-state index contributed by atoms with van der Waals surface area (Å²) in [6.45, 7) is 6.54. The van der Waals surface area contributed by atoms with Crippen molar-refractivity contribution in [3.8, 4) is 5.75 Å². The number of carbonyl (C=O) groups excluding carboxylic acids is 2. The summed E-state index contributed by atoms with van der Waals surface area (Å²) < 4.78 is 5.61. The molecule has 1 unspecified atom stereocenters. The summed E-state index contributed by atoms with van der Waals surface area (Å²) in [7, 11) is 0. The minimum atomic E-state index is -0.616. The fraction of sp³-hybridized carbons (Fsp3) is 0.391. The van der Waals surface area contributed by atoms with Gasteiger partial charge in [-0.3, -0.25) is 9.59 Å². The number of ether oxygens (including phenoxy) is 1. The van der Waals surface area contributed by atoms with Gasteiger partial charge in [0, 0.05) is 13.1 Å². The average molecular weight is 417 g/mol. The number of nitrogens with one attached hydrogen (secondary N) is 1. The second-order valence-corrected chi connectivity index (χ2v) is 7.46. The number of hydrogen-bond acceptors (Lipinski definition) is 3. The summed E-state index contributed by atoms with van der Waals surface area (Å²) >= 11 is 6.10. The summed E-state index contributed by atoms with van der Waals surface area (Å²) in [4.78, 5) is 27.1. The Labute approximate surface area is 178 Å². The van der Waals surface area contributed by atoms with Gasteiger partial charge in [0.05, 0.1) is 5.02 Å². The predicted octanol–water partition coefficient (Wildman–Crippen LogP) is 4.36. The van der Waals surface area contributed by atoms with E-state index in [1.54, 1.807) is 36.1 Å². The van der Waals surface area contributed by atoms with Gasteiger partial charge in [-0.1, -0.05) is 66.9 Å². The van der Waals surface area contributed by atoms with E-state index in [1.807, 2.05) is 31.2 Å². The van der Waals surface area contributed by atoms with Crippen LogP contribution in [0.15, 0.2) is 48.5 Å². The quantitative estimate of drug-likeness (QED) is 0.585. The normalized spacial score (nSPS) is 11.6. The Morgan fingerprint density at radius 2 is 1.93 bits per heavy atom. The molecular weight excluding hydrogens is 388 g/mol. The number of halogens is 1. The molecule has 2 aromatic rings. The third kappa shape index (κ3) is 7.09. The van der Waals surface area contributed by atoms with Crippen molar-refractivity contribution in [3.63, 3.8) is 0 Å². The molecule has 0 heterocycles. The van der Waals surface area contributed by atoms with Gasteiger partial charge in [-0.25, -0.2) is 0 Å². The van der Waals surface area contributed by atoms with Crippen LogP contribution in [0.1, 0.15) is 37.8 Å². The monoisotopic (exact) mass is 416 g/mol. The number of para-hydroxylation sites is 1. The second kappa shape index (κ2) is 11.5. The van der Waals surface area contributed by atoms with E-state index in [0.717, 1.165) is 24.0 Å². The molecule has 0 saturated heterocycles. The Hall–Kier alpha value is -2.53. The summed E-state index contributed by atoms with van der Waals surface area (Å²) in [6.07, 6.45) is 1.90. The molecule has 29 heavy (non-hydrogen) atoms. The summed E-state index contributed by atoms with van der Waals surface area (Å²) in [6, 6.07) is 14.3. The van der Waals surface area contributed by atoms with Crippen LogP contribution < -0.4 is 10.1 Å². The number of nitrogens with zero attached hydrogens (tertiary/aromatic N) is 1. The van der Waals surface area contributed by atoms with Crippen molar-refractivity contribution in [2.75, 3.05) is 13.2 Å². The third-order valence-corrected chi connectivity index (χ3v) is 4.93. The largest absolute Gasteiger partial charge is 0.482 e. The number of aryl methyl sites for hydroxylation is 1. The topological polar surface area (TPSA) is 58.6 Å². The van der Waals surface area contributed by atoms with Crippen LogP contribution in [0.5, 0.6) is 5.75 Å². The lowest BCUT2D eigenvalue weighted by atomic mass is 10.1. The van der Waals surface area contributed by atoms with Crippen molar-refractivity contribution in [3.05, 3.63) is 64.7 Å². The molecule has 5 nitrogen and oxygen atoms in total. The first-order chi connectivity index (χ1) is 13.9. The van der Waals surface area contributed by atoms with Gasteiger partial charge in [0.2, 0.25) is 5.91 Å². The molecule has 0 bridgehead atoms. The van der Waals surface area contributed by atoms with Crippen LogP contribution >= 0.6 is 11.6 Å². The molecule has 1 atom stereocenters. The molecule has 0 fully saturated rings. The van der Waals surface area contributed by atoms with Crippen LogP contribution in [0.2, 0.25) is 5.02 Å². The van der Waals surface area contributed by atoms with Crippen molar-refractivity contribution in [1.29, 1.82) is 0 Å². The highest BCUT2D eigenvalue weighted by atomic mass is 35.5. The zero-order valence-electron chi connectivity index (χ0n) is 17.3. The molecular formula is C23H29ClN2O3. The molecule has 0 aliphatic rings. The van der Waals surface area contributed by atoms with E-state index in [4.69, 9.17) is 16.3 Å². The summed E-state index contributed by atoms with van der Waals surface area (Å²) in [5, 5.41) is 3.34. The van der Waals surface area contributed by atoms with Crippen molar-refractivity contribution >= 4 is 23.4 Å². The number of hydrogen-bond donors (Lipinski definition) is 1. The molecule has 0 spiro atoms. The maximum absolute atomic E-state index is 13.0. The molecule has 156 valence electrons. The lowest BCUT2D eigenvalue weighted by Gasteiger charge is -2.29. The number of amides is 2. The van der Waals surface area contributed by atoms with Crippen LogP contribution in [-0.4, -0.2) is 35.9 Å². The summed E-state index contributed by atoms with van der Waals surface area (Å²) in [5.41, 5.74) is 2.06. The van der Waals surface area contributed by atoms with Gasteiger partial charge in [0.1, 0.15) is 11.8 Å². The zero-order chi connectivity index (χ0) is 21.2. The molecule has 2 rings (SSSR count). The van der Waals surface area contributed by atoms with Crippen LogP contribution in [0.25, 0.3) is 0 Å². The van der Waals surface area contributed by atoms with Gasteiger partial charge in [0.15, 0.2) is 6.61 Å². The van der Waals surface area contributed by atoms with E-state index in [2.05, 4.69) is 12.2 Å².